The van der Waals surface area contributed by atoms with Crippen molar-refractivity contribution in [3.63, 3.8) is 0 Å². The smallest absolute Gasteiger partial charge is 0.326 e. The normalized spacial score (nSPS) is 18.3. The lowest BCUT2D eigenvalue weighted by Crippen LogP contribution is -2.54. The maximum atomic E-state index is 13.2. The molecule has 0 bridgehead atoms. The number of likely N-dealkylation sites (tertiary alicyclic amines) is 1. The van der Waals surface area contributed by atoms with Gasteiger partial charge in [-0.05, 0) is 57.4 Å². The van der Waals surface area contributed by atoms with Gasteiger partial charge in [0.2, 0.25) is 5.91 Å². The van der Waals surface area contributed by atoms with E-state index < -0.39 is 30.1 Å². The zero-order valence-corrected chi connectivity index (χ0v) is 18.6. The molecular weight excluding hydrogens is 412 g/mol. The molecule has 2 rings (SSSR count). The van der Waals surface area contributed by atoms with Crippen molar-refractivity contribution in [2.75, 3.05) is 13.1 Å². The lowest BCUT2D eigenvalue weighted by molar-refractivity contribution is -0.149. The van der Waals surface area contributed by atoms with Crippen LogP contribution < -0.4 is 11.1 Å². The third-order valence-corrected chi connectivity index (χ3v) is 5.65. The first-order valence-corrected chi connectivity index (χ1v) is 11.1. The van der Waals surface area contributed by atoms with Crippen molar-refractivity contribution in [1.29, 1.82) is 0 Å². The minimum atomic E-state index is -1.03. The number of aliphatic carboxylic acids is 2. The molecule has 3 atom stereocenters. The standard InChI is InChI=1S/C23H34N4O5/c1-16(24)25-14-6-5-10-18(21(28)27-15-7-11-20(27)23(31)32)26-19(22(29)30)13-12-17-8-3-2-4-9-17/h2-4,8-9,18-20,26H,5-7,10-15H2,1H3,(H2,24,25)(H,29,30)(H,31,32)/t18-,19-,20-/m0/s1. The van der Waals surface area contributed by atoms with E-state index in [0.29, 0.717) is 63.9 Å². The Balaban J connectivity index is 2.08. The molecule has 0 spiro atoms. The molecule has 9 heteroatoms. The molecule has 0 aliphatic carbocycles. The summed E-state index contributed by atoms with van der Waals surface area (Å²) < 4.78 is 0. The van der Waals surface area contributed by atoms with Gasteiger partial charge in [0.25, 0.3) is 0 Å². The number of hydrogen-bond acceptors (Lipinski definition) is 5. The minimum Gasteiger partial charge on any atom is -0.480 e. The van der Waals surface area contributed by atoms with Crippen LogP contribution in [0.4, 0.5) is 0 Å². The fourth-order valence-electron chi connectivity index (χ4n) is 3.96. The summed E-state index contributed by atoms with van der Waals surface area (Å²) in [7, 11) is 0. The Hall–Kier alpha value is -2.94. The predicted molar refractivity (Wildman–Crippen MR) is 121 cm³/mol. The molecule has 5 N–H and O–H groups in total. The quantitative estimate of drug-likeness (QED) is 0.205. The number of carbonyl (C=O) groups excluding carboxylic acids is 1. The number of aliphatic imine (C=N–C) groups is 1. The number of nitrogens with zero attached hydrogens (tertiary/aromatic N) is 2. The number of rotatable bonds is 13. The van der Waals surface area contributed by atoms with Gasteiger partial charge in [-0.25, -0.2) is 4.79 Å². The summed E-state index contributed by atoms with van der Waals surface area (Å²) in [6.07, 6.45) is 3.64. The number of hydrogen-bond donors (Lipinski definition) is 4. The molecule has 0 unspecified atom stereocenters. The molecule has 9 nitrogen and oxygen atoms in total. The molecule has 1 heterocycles. The van der Waals surface area contributed by atoms with Crippen LogP contribution in [0.3, 0.4) is 0 Å². The van der Waals surface area contributed by atoms with Crippen LogP contribution in [0.25, 0.3) is 0 Å². The number of aryl methyl sites for hydroxylation is 1. The van der Waals surface area contributed by atoms with Crippen molar-refractivity contribution in [2.45, 2.75) is 70.0 Å². The van der Waals surface area contributed by atoms with Crippen LogP contribution in [-0.2, 0) is 20.8 Å². The van der Waals surface area contributed by atoms with E-state index in [0.717, 1.165) is 5.56 Å². The van der Waals surface area contributed by atoms with Crippen LogP contribution in [0.2, 0.25) is 0 Å². The topological polar surface area (TPSA) is 145 Å². The number of amides is 1. The van der Waals surface area contributed by atoms with E-state index in [1.165, 1.54) is 4.90 Å². The summed E-state index contributed by atoms with van der Waals surface area (Å²) in [6.45, 7) is 2.60. The molecule has 0 saturated carbocycles. The second-order valence-electron chi connectivity index (χ2n) is 8.18. The average Bonchev–Trinajstić information content (AvgIpc) is 3.25. The Kier molecular flexibility index (Phi) is 10.1. The van der Waals surface area contributed by atoms with Gasteiger partial charge in [0.1, 0.15) is 12.1 Å². The number of unbranched alkanes of at least 4 members (excludes halogenated alkanes) is 1. The number of nitrogens with two attached hydrogens (primary N) is 1. The van der Waals surface area contributed by atoms with Gasteiger partial charge in [-0.1, -0.05) is 30.3 Å². The van der Waals surface area contributed by atoms with Crippen LogP contribution in [0, 0.1) is 0 Å². The van der Waals surface area contributed by atoms with Gasteiger partial charge < -0.3 is 20.8 Å². The largest absolute Gasteiger partial charge is 0.480 e. The molecule has 32 heavy (non-hydrogen) atoms. The lowest BCUT2D eigenvalue weighted by Gasteiger charge is -2.29. The fraction of sp³-hybridized carbons (Fsp3) is 0.565. The third-order valence-electron chi connectivity index (χ3n) is 5.65. The van der Waals surface area contributed by atoms with E-state index in [1.807, 2.05) is 30.3 Å². The summed E-state index contributed by atoms with van der Waals surface area (Å²) in [5, 5.41) is 22.2. The molecular formula is C23H34N4O5. The Morgan fingerprint density at radius 2 is 1.88 bits per heavy atom. The van der Waals surface area contributed by atoms with E-state index in [2.05, 4.69) is 10.3 Å². The highest BCUT2D eigenvalue weighted by Crippen LogP contribution is 2.20. The summed E-state index contributed by atoms with van der Waals surface area (Å²) in [5.41, 5.74) is 6.56. The van der Waals surface area contributed by atoms with Crippen LogP contribution in [0.15, 0.2) is 35.3 Å². The maximum absolute atomic E-state index is 13.2. The molecule has 1 aliphatic heterocycles. The zero-order valence-electron chi connectivity index (χ0n) is 18.6. The van der Waals surface area contributed by atoms with Crippen molar-refractivity contribution in [3.05, 3.63) is 35.9 Å². The predicted octanol–water partition coefficient (Wildman–Crippen LogP) is 1.65. The van der Waals surface area contributed by atoms with Crippen LogP contribution >= 0.6 is 0 Å². The highest BCUT2D eigenvalue weighted by Gasteiger charge is 2.38. The SMILES string of the molecule is CC(N)=NCCCC[C@H](N[C@@H](CCc1ccccc1)C(=O)O)C(=O)N1CCC[C@H]1C(=O)O. The number of carboxylic acid groups (broad SMARTS) is 2. The molecule has 1 saturated heterocycles. The maximum Gasteiger partial charge on any atom is 0.326 e. The average molecular weight is 447 g/mol. The van der Waals surface area contributed by atoms with Crippen molar-refractivity contribution in [2.24, 2.45) is 10.7 Å². The molecule has 1 aromatic rings. The number of benzene rings is 1. The number of nitrogens with one attached hydrogen (secondary N) is 1. The van der Waals surface area contributed by atoms with Gasteiger partial charge in [0.15, 0.2) is 0 Å². The molecule has 1 aliphatic rings. The van der Waals surface area contributed by atoms with E-state index >= 15 is 0 Å². The number of carboxylic acids is 2. The van der Waals surface area contributed by atoms with E-state index in [1.54, 1.807) is 6.92 Å². The van der Waals surface area contributed by atoms with Gasteiger partial charge in [-0.3, -0.25) is 19.9 Å². The highest BCUT2D eigenvalue weighted by molar-refractivity contribution is 5.88. The molecule has 1 amide bonds. The van der Waals surface area contributed by atoms with E-state index in [4.69, 9.17) is 5.73 Å². The summed E-state index contributed by atoms with van der Waals surface area (Å²) >= 11 is 0. The molecule has 1 fully saturated rings. The monoisotopic (exact) mass is 446 g/mol. The second kappa shape index (κ2) is 12.8. The molecule has 0 radical (unpaired) electrons. The first kappa shape index (κ1) is 25.3. The summed E-state index contributed by atoms with van der Waals surface area (Å²) in [4.78, 5) is 42.2. The Labute approximate surface area is 188 Å². The van der Waals surface area contributed by atoms with Crippen LogP contribution in [-0.4, -0.2) is 70.0 Å². The van der Waals surface area contributed by atoms with Crippen molar-refractivity contribution in [3.8, 4) is 0 Å². The summed E-state index contributed by atoms with van der Waals surface area (Å²) in [5.74, 6) is -1.91. The van der Waals surface area contributed by atoms with E-state index in [9.17, 15) is 24.6 Å². The van der Waals surface area contributed by atoms with Gasteiger partial charge >= 0.3 is 11.9 Å². The second-order valence-corrected chi connectivity index (χ2v) is 8.18. The first-order chi connectivity index (χ1) is 15.3. The molecule has 176 valence electrons. The zero-order chi connectivity index (χ0) is 23.5. The van der Waals surface area contributed by atoms with Gasteiger partial charge in [-0.15, -0.1) is 0 Å². The van der Waals surface area contributed by atoms with Crippen molar-refractivity contribution in [1.82, 2.24) is 10.2 Å². The van der Waals surface area contributed by atoms with Crippen molar-refractivity contribution >= 4 is 23.7 Å². The first-order valence-electron chi connectivity index (χ1n) is 11.1. The van der Waals surface area contributed by atoms with E-state index in [-0.39, 0.29) is 5.91 Å². The lowest BCUT2D eigenvalue weighted by atomic mass is 10.0. The third kappa shape index (κ3) is 7.96. The number of amidine groups is 1. The van der Waals surface area contributed by atoms with Crippen LogP contribution in [0.5, 0.6) is 0 Å². The summed E-state index contributed by atoms with van der Waals surface area (Å²) in [6, 6.07) is 7.02. The Morgan fingerprint density at radius 1 is 1.16 bits per heavy atom. The Bertz CT molecular complexity index is 795. The fourth-order valence-corrected chi connectivity index (χ4v) is 3.96. The Morgan fingerprint density at radius 3 is 2.50 bits per heavy atom. The van der Waals surface area contributed by atoms with Gasteiger partial charge in [-0.2, -0.15) is 0 Å². The molecule has 1 aromatic carbocycles. The van der Waals surface area contributed by atoms with Gasteiger partial charge in [0.05, 0.1) is 11.9 Å². The van der Waals surface area contributed by atoms with Crippen LogP contribution in [0.1, 0.15) is 51.0 Å². The van der Waals surface area contributed by atoms with Gasteiger partial charge in [0, 0.05) is 13.1 Å². The highest BCUT2D eigenvalue weighted by atomic mass is 16.4. The number of carbonyl (C=O) groups is 3. The minimum absolute atomic E-state index is 0.322. The van der Waals surface area contributed by atoms with Crippen molar-refractivity contribution < 1.29 is 24.6 Å². The molecule has 0 aromatic heterocycles.